The maximum atomic E-state index is 12.3. The molecule has 0 bridgehead atoms. The summed E-state index contributed by atoms with van der Waals surface area (Å²) in [6.07, 6.45) is 2.82. The fourth-order valence-electron chi connectivity index (χ4n) is 2.61. The Balaban J connectivity index is 2.81. The van der Waals surface area contributed by atoms with Crippen LogP contribution in [0.5, 0.6) is 0 Å². The van der Waals surface area contributed by atoms with Crippen LogP contribution in [0.2, 0.25) is 0 Å². The van der Waals surface area contributed by atoms with E-state index in [1.165, 1.54) is 6.07 Å². The Bertz CT molecular complexity index is 954. The molecule has 0 saturated heterocycles. The Morgan fingerprint density at radius 1 is 1.21 bits per heavy atom. The lowest BCUT2D eigenvalue weighted by atomic mass is 10.1. The van der Waals surface area contributed by atoms with Crippen molar-refractivity contribution in [2.45, 2.75) is 25.7 Å². The standard InChI is InChI=1S/C15H19N5O3S/c1-8-7-20(10(3)18-8)12-6-5-11(14(21)19-15(16)17)9(2)13(12)24(4,22)23/h5-7H,1-4H3,(H4,16,17,19,21). The molecule has 8 nitrogen and oxygen atoms in total. The normalized spacial score (nSPS) is 11.3. The first-order valence-electron chi connectivity index (χ1n) is 7.03. The molecule has 1 aromatic heterocycles. The van der Waals surface area contributed by atoms with Crippen molar-refractivity contribution in [3.8, 4) is 5.69 Å². The van der Waals surface area contributed by atoms with Gasteiger partial charge in [0.05, 0.1) is 16.3 Å². The molecule has 0 aliphatic heterocycles. The van der Waals surface area contributed by atoms with Gasteiger partial charge in [-0.2, -0.15) is 4.99 Å². The zero-order chi connectivity index (χ0) is 18.2. The van der Waals surface area contributed by atoms with Crippen LogP contribution in [0, 0.1) is 20.8 Å². The molecule has 0 saturated carbocycles. The predicted molar refractivity (Wildman–Crippen MR) is 91.0 cm³/mol. The third kappa shape index (κ3) is 3.30. The van der Waals surface area contributed by atoms with E-state index in [-0.39, 0.29) is 22.0 Å². The zero-order valence-electron chi connectivity index (χ0n) is 13.9. The second kappa shape index (κ2) is 6.08. The number of nitrogens with two attached hydrogens (primary N) is 2. The molecule has 9 heteroatoms. The summed E-state index contributed by atoms with van der Waals surface area (Å²) in [6.45, 7) is 5.13. The second-order valence-electron chi connectivity index (χ2n) is 5.50. The van der Waals surface area contributed by atoms with Crippen molar-refractivity contribution >= 4 is 21.7 Å². The molecule has 0 aliphatic rings. The average molecular weight is 349 g/mol. The molecular formula is C15H19N5O3S. The molecule has 1 heterocycles. The van der Waals surface area contributed by atoms with Gasteiger partial charge in [-0.3, -0.25) is 4.79 Å². The maximum absolute atomic E-state index is 12.3. The van der Waals surface area contributed by atoms with Gasteiger partial charge < -0.3 is 16.0 Å². The van der Waals surface area contributed by atoms with Gasteiger partial charge >= 0.3 is 0 Å². The Morgan fingerprint density at radius 2 is 1.83 bits per heavy atom. The van der Waals surface area contributed by atoms with Crippen LogP contribution in [0.1, 0.15) is 27.4 Å². The van der Waals surface area contributed by atoms with Gasteiger partial charge in [-0.1, -0.05) is 0 Å². The second-order valence-corrected chi connectivity index (χ2v) is 7.45. The molecule has 2 aromatic rings. The third-order valence-electron chi connectivity index (χ3n) is 3.48. The van der Waals surface area contributed by atoms with Crippen LogP contribution in [-0.2, 0) is 9.84 Å². The van der Waals surface area contributed by atoms with Gasteiger partial charge in [-0.25, -0.2) is 13.4 Å². The van der Waals surface area contributed by atoms with Gasteiger partial charge in [-0.15, -0.1) is 0 Å². The number of benzene rings is 1. The number of carbonyl (C=O) groups excluding carboxylic acids is 1. The van der Waals surface area contributed by atoms with E-state index in [4.69, 9.17) is 11.5 Å². The number of sulfone groups is 1. The lowest BCUT2D eigenvalue weighted by molar-refractivity contribution is 0.100. The van der Waals surface area contributed by atoms with Crippen molar-refractivity contribution in [3.63, 3.8) is 0 Å². The van der Waals surface area contributed by atoms with E-state index >= 15 is 0 Å². The molecule has 1 aromatic carbocycles. The van der Waals surface area contributed by atoms with Crippen molar-refractivity contribution in [1.29, 1.82) is 0 Å². The lowest BCUT2D eigenvalue weighted by Crippen LogP contribution is -2.24. The number of nitrogens with zero attached hydrogens (tertiary/aromatic N) is 3. The molecule has 2 rings (SSSR count). The number of rotatable bonds is 3. The monoisotopic (exact) mass is 349 g/mol. The van der Waals surface area contributed by atoms with E-state index < -0.39 is 15.7 Å². The Labute approximate surface area is 140 Å². The van der Waals surface area contributed by atoms with Gasteiger partial charge in [0, 0.05) is 18.0 Å². The fourth-order valence-corrected chi connectivity index (χ4v) is 3.82. The molecule has 1 amide bonds. The maximum Gasteiger partial charge on any atom is 0.280 e. The van der Waals surface area contributed by atoms with Crippen molar-refractivity contribution < 1.29 is 13.2 Å². The van der Waals surface area contributed by atoms with Crippen molar-refractivity contribution in [2.75, 3.05) is 6.26 Å². The summed E-state index contributed by atoms with van der Waals surface area (Å²) in [5, 5.41) is 0. The largest absolute Gasteiger partial charge is 0.370 e. The van der Waals surface area contributed by atoms with Crippen LogP contribution >= 0.6 is 0 Å². The Morgan fingerprint density at radius 3 is 2.29 bits per heavy atom. The molecular weight excluding hydrogens is 330 g/mol. The number of carbonyl (C=O) groups is 1. The van der Waals surface area contributed by atoms with Crippen molar-refractivity contribution in [3.05, 3.63) is 41.0 Å². The molecule has 4 N–H and O–H groups in total. The lowest BCUT2D eigenvalue weighted by Gasteiger charge is -2.15. The summed E-state index contributed by atoms with van der Waals surface area (Å²) in [4.78, 5) is 19.9. The Kier molecular flexibility index (Phi) is 4.48. The van der Waals surface area contributed by atoms with Gasteiger partial charge in [0.2, 0.25) is 0 Å². The number of hydrogen-bond donors (Lipinski definition) is 2. The topological polar surface area (TPSA) is 133 Å². The predicted octanol–water partition coefficient (Wildman–Crippen LogP) is 0.615. The first-order valence-corrected chi connectivity index (χ1v) is 8.92. The molecule has 0 spiro atoms. The fraction of sp³-hybridized carbons (Fsp3) is 0.267. The van der Waals surface area contributed by atoms with Crippen LogP contribution in [0.25, 0.3) is 5.69 Å². The van der Waals surface area contributed by atoms with Gasteiger partial charge in [-0.05, 0) is 38.5 Å². The van der Waals surface area contributed by atoms with Gasteiger partial charge in [0.1, 0.15) is 5.82 Å². The van der Waals surface area contributed by atoms with E-state index in [1.54, 1.807) is 30.7 Å². The first kappa shape index (κ1) is 17.7. The molecule has 0 atom stereocenters. The smallest absolute Gasteiger partial charge is 0.280 e. The minimum atomic E-state index is -3.62. The number of imidazole rings is 1. The summed E-state index contributed by atoms with van der Waals surface area (Å²) < 4.78 is 26.3. The summed E-state index contributed by atoms with van der Waals surface area (Å²) in [5.74, 6) is -0.437. The SMILES string of the molecule is Cc1cn(-c2ccc(C(=O)N=C(N)N)c(C)c2S(C)(=O)=O)c(C)n1. The van der Waals surface area contributed by atoms with Crippen LogP contribution in [0.15, 0.2) is 28.2 Å². The average Bonchev–Trinajstić information content (AvgIpc) is 2.74. The zero-order valence-corrected chi connectivity index (χ0v) is 14.7. The summed E-state index contributed by atoms with van der Waals surface area (Å²) in [5.41, 5.74) is 12.0. The van der Waals surface area contributed by atoms with E-state index in [2.05, 4.69) is 9.98 Å². The summed E-state index contributed by atoms with van der Waals surface area (Å²) >= 11 is 0. The Hall–Kier alpha value is -2.68. The van der Waals surface area contributed by atoms with E-state index in [0.29, 0.717) is 11.5 Å². The molecule has 128 valence electrons. The van der Waals surface area contributed by atoms with Crippen LogP contribution in [0.3, 0.4) is 0 Å². The molecule has 24 heavy (non-hydrogen) atoms. The number of aromatic nitrogens is 2. The number of amides is 1. The highest BCUT2D eigenvalue weighted by Gasteiger charge is 2.23. The number of aryl methyl sites for hydroxylation is 2. The third-order valence-corrected chi connectivity index (χ3v) is 4.74. The van der Waals surface area contributed by atoms with Gasteiger partial charge in [0.15, 0.2) is 15.8 Å². The first-order chi connectivity index (χ1) is 11.0. The summed E-state index contributed by atoms with van der Waals surface area (Å²) in [7, 11) is -3.62. The number of guanidine groups is 1. The quantitative estimate of drug-likeness (QED) is 0.616. The van der Waals surface area contributed by atoms with Crippen molar-refractivity contribution in [2.24, 2.45) is 16.5 Å². The minimum absolute atomic E-state index is 0.0413. The molecule has 0 radical (unpaired) electrons. The summed E-state index contributed by atoms with van der Waals surface area (Å²) in [6, 6.07) is 3.05. The number of hydrogen-bond acceptors (Lipinski definition) is 4. The van der Waals surface area contributed by atoms with E-state index in [1.807, 2.05) is 6.92 Å². The van der Waals surface area contributed by atoms with Crippen LogP contribution < -0.4 is 11.5 Å². The molecule has 0 unspecified atom stereocenters. The van der Waals surface area contributed by atoms with E-state index in [9.17, 15) is 13.2 Å². The van der Waals surface area contributed by atoms with E-state index in [0.717, 1.165) is 11.9 Å². The van der Waals surface area contributed by atoms with Crippen LogP contribution in [-0.4, -0.2) is 36.1 Å². The van der Waals surface area contributed by atoms with Crippen LogP contribution in [0.4, 0.5) is 0 Å². The molecule has 0 aliphatic carbocycles. The number of aliphatic imine (C=N–C) groups is 1. The highest BCUT2D eigenvalue weighted by Crippen LogP contribution is 2.28. The minimum Gasteiger partial charge on any atom is -0.370 e. The van der Waals surface area contributed by atoms with Gasteiger partial charge in [0.25, 0.3) is 5.91 Å². The molecule has 0 fully saturated rings. The highest BCUT2D eigenvalue weighted by atomic mass is 32.2. The van der Waals surface area contributed by atoms with Crippen molar-refractivity contribution in [1.82, 2.24) is 9.55 Å². The highest BCUT2D eigenvalue weighted by molar-refractivity contribution is 7.90.